The highest BCUT2D eigenvalue weighted by Crippen LogP contribution is 2.25. The molecular weight excluding hydrogens is 358 g/mol. The van der Waals surface area contributed by atoms with Crippen molar-refractivity contribution in [3.63, 3.8) is 0 Å². The summed E-state index contributed by atoms with van der Waals surface area (Å²) in [5.41, 5.74) is 2.16. The maximum Gasteiger partial charge on any atom is 0.249 e. The highest BCUT2D eigenvalue weighted by molar-refractivity contribution is 9.10. The maximum atomic E-state index is 12.1. The molecule has 0 aliphatic carbocycles. The molecule has 1 saturated heterocycles. The molecule has 1 fully saturated rings. The molecule has 1 atom stereocenters. The van der Waals surface area contributed by atoms with Crippen molar-refractivity contribution in [1.29, 1.82) is 0 Å². The van der Waals surface area contributed by atoms with E-state index in [2.05, 4.69) is 15.9 Å². The molecule has 1 aliphatic rings. The van der Waals surface area contributed by atoms with Crippen LogP contribution in [0.2, 0.25) is 0 Å². The van der Waals surface area contributed by atoms with Crippen LogP contribution in [0.5, 0.6) is 5.75 Å². The van der Waals surface area contributed by atoms with E-state index in [4.69, 9.17) is 9.47 Å². The number of amides is 1. The molecule has 5 heteroatoms. The van der Waals surface area contributed by atoms with Crippen LogP contribution in [-0.2, 0) is 16.1 Å². The number of carbonyl (C=O) groups excluding carboxylic acids is 1. The Balaban J connectivity index is 1.70. The number of morpholine rings is 1. The van der Waals surface area contributed by atoms with Crippen molar-refractivity contribution in [3.8, 4) is 5.75 Å². The number of hydrogen-bond donors (Lipinski definition) is 0. The Morgan fingerprint density at radius 1 is 1.17 bits per heavy atom. The average Bonchev–Trinajstić information content (AvgIpc) is 2.58. The van der Waals surface area contributed by atoms with Crippen LogP contribution in [0.15, 0.2) is 53.0 Å². The summed E-state index contributed by atoms with van der Waals surface area (Å²) in [5, 5.41) is 0. The zero-order valence-corrected chi connectivity index (χ0v) is 14.5. The van der Waals surface area contributed by atoms with Crippen molar-refractivity contribution in [2.45, 2.75) is 12.6 Å². The van der Waals surface area contributed by atoms with Crippen LogP contribution in [0.4, 0.5) is 0 Å². The Bertz CT molecular complexity index is 670. The van der Waals surface area contributed by atoms with E-state index in [0.717, 1.165) is 21.3 Å². The lowest BCUT2D eigenvalue weighted by molar-refractivity contribution is -0.150. The number of methoxy groups -OCH3 is 1. The third-order valence-electron chi connectivity index (χ3n) is 3.92. The molecule has 3 rings (SSSR count). The number of ether oxygens (including phenoxy) is 2. The predicted molar refractivity (Wildman–Crippen MR) is 91.2 cm³/mol. The Kier molecular flexibility index (Phi) is 4.98. The second kappa shape index (κ2) is 7.15. The predicted octanol–water partition coefficient (Wildman–Crippen LogP) is 3.56. The molecule has 1 heterocycles. The molecule has 23 heavy (non-hydrogen) atoms. The van der Waals surface area contributed by atoms with E-state index < -0.39 is 0 Å². The first-order chi connectivity index (χ1) is 11.2. The lowest BCUT2D eigenvalue weighted by atomic mass is 10.1. The fraction of sp³-hybridized carbons (Fsp3) is 0.278. The van der Waals surface area contributed by atoms with Crippen molar-refractivity contribution >= 4 is 21.8 Å². The number of halogens is 1. The normalized spacial score (nSPS) is 18.1. The van der Waals surface area contributed by atoms with Crippen LogP contribution in [0, 0.1) is 0 Å². The van der Waals surface area contributed by atoms with Gasteiger partial charge in [0.25, 0.3) is 0 Å². The molecule has 0 spiro atoms. The zero-order valence-electron chi connectivity index (χ0n) is 12.9. The number of hydrogen-bond acceptors (Lipinski definition) is 3. The molecule has 2 aromatic rings. The smallest absolute Gasteiger partial charge is 0.249 e. The monoisotopic (exact) mass is 375 g/mol. The molecule has 120 valence electrons. The molecule has 1 aliphatic heterocycles. The molecule has 2 aromatic carbocycles. The summed E-state index contributed by atoms with van der Waals surface area (Å²) in [6.07, 6.45) is -0.0842. The Morgan fingerprint density at radius 3 is 2.52 bits per heavy atom. The molecule has 0 radical (unpaired) electrons. The summed E-state index contributed by atoms with van der Waals surface area (Å²) in [6.45, 7) is 1.27. The third kappa shape index (κ3) is 3.92. The standard InChI is InChI=1S/C18H18BrNO3/c1-22-16-8-2-13(3-9-16)10-20-11-17(23-12-18(20)21)14-4-6-15(19)7-5-14/h2-9,17H,10-12H2,1H3/t17-/m1/s1. The first-order valence-electron chi connectivity index (χ1n) is 7.43. The van der Waals surface area contributed by atoms with Crippen LogP contribution in [0.25, 0.3) is 0 Å². The first kappa shape index (κ1) is 16.0. The first-order valence-corrected chi connectivity index (χ1v) is 8.23. The van der Waals surface area contributed by atoms with Gasteiger partial charge in [-0.2, -0.15) is 0 Å². The Labute approximate surface area is 144 Å². The summed E-state index contributed by atoms with van der Waals surface area (Å²) in [7, 11) is 1.64. The average molecular weight is 376 g/mol. The van der Waals surface area contributed by atoms with Gasteiger partial charge in [0.2, 0.25) is 5.91 Å². The fourth-order valence-corrected chi connectivity index (χ4v) is 2.87. The van der Waals surface area contributed by atoms with Crippen molar-refractivity contribution in [2.24, 2.45) is 0 Å². The Hall–Kier alpha value is -1.85. The summed E-state index contributed by atoms with van der Waals surface area (Å²) in [4.78, 5) is 14.0. The minimum Gasteiger partial charge on any atom is -0.497 e. The van der Waals surface area contributed by atoms with E-state index in [9.17, 15) is 4.79 Å². The second-order valence-electron chi connectivity index (χ2n) is 5.47. The fourth-order valence-electron chi connectivity index (χ4n) is 2.60. The van der Waals surface area contributed by atoms with Crippen molar-refractivity contribution in [3.05, 3.63) is 64.1 Å². The van der Waals surface area contributed by atoms with Crippen LogP contribution in [0.3, 0.4) is 0 Å². The van der Waals surface area contributed by atoms with Gasteiger partial charge in [0, 0.05) is 11.0 Å². The van der Waals surface area contributed by atoms with E-state index >= 15 is 0 Å². The number of rotatable bonds is 4. The summed E-state index contributed by atoms with van der Waals surface area (Å²) in [5.74, 6) is 0.837. The van der Waals surface area contributed by atoms with Crippen LogP contribution in [-0.4, -0.2) is 31.1 Å². The van der Waals surface area contributed by atoms with Gasteiger partial charge in [-0.25, -0.2) is 0 Å². The van der Waals surface area contributed by atoms with Crippen LogP contribution >= 0.6 is 15.9 Å². The van der Waals surface area contributed by atoms with Crippen molar-refractivity contribution in [2.75, 3.05) is 20.3 Å². The molecule has 0 saturated carbocycles. The van der Waals surface area contributed by atoms with E-state index in [1.54, 1.807) is 7.11 Å². The minimum absolute atomic E-state index is 0.0224. The number of carbonyl (C=O) groups is 1. The molecule has 4 nitrogen and oxygen atoms in total. The third-order valence-corrected chi connectivity index (χ3v) is 4.45. The topological polar surface area (TPSA) is 38.8 Å². The van der Waals surface area contributed by atoms with E-state index in [0.29, 0.717) is 13.1 Å². The van der Waals surface area contributed by atoms with E-state index in [1.165, 1.54) is 0 Å². The lowest BCUT2D eigenvalue weighted by Crippen LogP contribution is -2.42. The molecule has 1 amide bonds. The van der Waals surface area contributed by atoms with E-state index in [1.807, 2.05) is 53.4 Å². The maximum absolute atomic E-state index is 12.1. The largest absolute Gasteiger partial charge is 0.497 e. The van der Waals surface area contributed by atoms with Gasteiger partial charge >= 0.3 is 0 Å². The Morgan fingerprint density at radius 2 is 1.87 bits per heavy atom. The second-order valence-corrected chi connectivity index (χ2v) is 6.39. The highest BCUT2D eigenvalue weighted by Gasteiger charge is 2.27. The van der Waals surface area contributed by atoms with Crippen molar-refractivity contribution < 1.29 is 14.3 Å². The minimum atomic E-state index is -0.0842. The van der Waals surface area contributed by atoms with Crippen LogP contribution in [0.1, 0.15) is 17.2 Å². The van der Waals surface area contributed by atoms with Gasteiger partial charge in [0.1, 0.15) is 18.5 Å². The van der Waals surface area contributed by atoms with Gasteiger partial charge < -0.3 is 14.4 Å². The quantitative estimate of drug-likeness (QED) is 0.819. The van der Waals surface area contributed by atoms with Crippen molar-refractivity contribution in [1.82, 2.24) is 4.90 Å². The van der Waals surface area contributed by atoms with Gasteiger partial charge in [-0.05, 0) is 35.4 Å². The van der Waals surface area contributed by atoms with Gasteiger partial charge in [0.05, 0.1) is 13.7 Å². The van der Waals surface area contributed by atoms with Gasteiger partial charge in [0.15, 0.2) is 0 Å². The summed E-state index contributed by atoms with van der Waals surface area (Å²) >= 11 is 3.43. The highest BCUT2D eigenvalue weighted by atomic mass is 79.9. The zero-order chi connectivity index (χ0) is 16.2. The summed E-state index contributed by atoms with van der Waals surface area (Å²) in [6, 6.07) is 15.8. The number of nitrogens with zero attached hydrogens (tertiary/aromatic N) is 1. The molecule has 0 unspecified atom stereocenters. The SMILES string of the molecule is COc1ccc(CN2C[C@H](c3ccc(Br)cc3)OCC2=O)cc1. The molecule has 0 N–H and O–H groups in total. The lowest BCUT2D eigenvalue weighted by Gasteiger charge is -2.33. The summed E-state index contributed by atoms with van der Waals surface area (Å²) < 4.78 is 11.9. The van der Waals surface area contributed by atoms with Gasteiger partial charge in [-0.1, -0.05) is 40.2 Å². The van der Waals surface area contributed by atoms with E-state index in [-0.39, 0.29) is 18.6 Å². The van der Waals surface area contributed by atoms with Gasteiger partial charge in [-0.15, -0.1) is 0 Å². The molecule has 0 aromatic heterocycles. The molecule has 0 bridgehead atoms. The van der Waals surface area contributed by atoms with Crippen LogP contribution < -0.4 is 4.74 Å². The molecular formula is C18H18BrNO3. The number of benzene rings is 2. The van der Waals surface area contributed by atoms with Gasteiger partial charge in [-0.3, -0.25) is 4.79 Å².